The van der Waals surface area contributed by atoms with E-state index in [1.165, 1.54) is 19.3 Å². The number of amides is 3. The first kappa shape index (κ1) is 19.9. The van der Waals surface area contributed by atoms with Crippen molar-refractivity contribution < 1.29 is 19.1 Å². The molecule has 0 saturated heterocycles. The summed E-state index contributed by atoms with van der Waals surface area (Å²) in [5.41, 5.74) is 0.705. The maximum absolute atomic E-state index is 12.4. The molecule has 3 amide bonds. The van der Waals surface area contributed by atoms with Gasteiger partial charge in [-0.25, -0.2) is 4.79 Å². The minimum Gasteiger partial charge on any atom is -0.455 e. The number of carbonyl (C=O) groups excluding carboxylic acids is 3. The van der Waals surface area contributed by atoms with Crippen LogP contribution in [0.25, 0.3) is 0 Å². The lowest BCUT2D eigenvalue weighted by atomic mass is 9.53. The van der Waals surface area contributed by atoms with Gasteiger partial charge in [-0.2, -0.15) is 0 Å². The monoisotopic (exact) mass is 398 g/mol. The van der Waals surface area contributed by atoms with Crippen molar-refractivity contribution in [3.8, 4) is 0 Å². The highest BCUT2D eigenvalue weighted by atomic mass is 16.5. The molecule has 2 N–H and O–H groups in total. The Balaban J connectivity index is 1.25. The van der Waals surface area contributed by atoms with E-state index in [0.717, 1.165) is 24.8 Å². The summed E-state index contributed by atoms with van der Waals surface area (Å²) in [4.78, 5) is 36.9. The van der Waals surface area contributed by atoms with Gasteiger partial charge >= 0.3 is 12.0 Å². The fourth-order valence-corrected chi connectivity index (χ4v) is 6.16. The summed E-state index contributed by atoms with van der Waals surface area (Å²) in [6.07, 6.45) is 7.50. The van der Waals surface area contributed by atoms with Gasteiger partial charge in [0.05, 0.1) is 5.92 Å². The molecule has 4 aliphatic carbocycles. The van der Waals surface area contributed by atoms with E-state index in [1.54, 1.807) is 0 Å². The Morgan fingerprint density at radius 3 is 2.17 bits per heavy atom. The van der Waals surface area contributed by atoms with Crippen LogP contribution in [0.4, 0.5) is 4.79 Å². The Morgan fingerprint density at radius 2 is 1.62 bits per heavy atom. The summed E-state index contributed by atoms with van der Waals surface area (Å²) in [6, 6.07) is 8.89. The molecule has 1 aromatic carbocycles. The van der Waals surface area contributed by atoms with Crippen LogP contribution in [-0.2, 0) is 14.3 Å². The standard InChI is InChI=1S/C23H30N2O4/c1-2-19(18-6-4-3-5-7-18)21(27)29-14-20(26)24-22(28)25-23-11-15-8-16(12-23)10-17(9-15)13-23/h3-7,15-17,19H,2,8-14H2,1H3,(H2,24,25,26,28)/t15?,16?,17?,19-,23?/m0/s1. The lowest BCUT2D eigenvalue weighted by molar-refractivity contribution is -0.149. The summed E-state index contributed by atoms with van der Waals surface area (Å²) in [5, 5.41) is 5.43. The third-order valence-electron chi connectivity index (χ3n) is 6.91. The average molecular weight is 399 g/mol. The Hall–Kier alpha value is -2.37. The fourth-order valence-electron chi connectivity index (χ4n) is 6.16. The van der Waals surface area contributed by atoms with E-state index in [-0.39, 0.29) is 5.54 Å². The van der Waals surface area contributed by atoms with Crippen molar-refractivity contribution in [3.05, 3.63) is 35.9 Å². The Kier molecular flexibility index (Phi) is 5.61. The third kappa shape index (κ3) is 4.46. The van der Waals surface area contributed by atoms with Crippen molar-refractivity contribution in [2.45, 2.75) is 63.3 Å². The molecule has 4 aliphatic rings. The van der Waals surface area contributed by atoms with Crippen LogP contribution in [0.3, 0.4) is 0 Å². The lowest BCUT2D eigenvalue weighted by Gasteiger charge is -2.56. The molecule has 1 atom stereocenters. The first-order valence-corrected chi connectivity index (χ1v) is 10.8. The molecule has 0 spiro atoms. The largest absolute Gasteiger partial charge is 0.455 e. The van der Waals surface area contributed by atoms with Crippen LogP contribution < -0.4 is 10.6 Å². The summed E-state index contributed by atoms with van der Waals surface area (Å²) >= 11 is 0. The van der Waals surface area contributed by atoms with Crippen molar-refractivity contribution in [2.24, 2.45) is 17.8 Å². The zero-order valence-corrected chi connectivity index (χ0v) is 17.0. The number of ether oxygens (including phenoxy) is 1. The minimum atomic E-state index is -0.594. The molecular formula is C23H30N2O4. The Labute approximate surface area is 171 Å². The molecule has 0 unspecified atom stereocenters. The van der Waals surface area contributed by atoms with E-state index in [9.17, 15) is 14.4 Å². The van der Waals surface area contributed by atoms with Gasteiger partial charge in [0.25, 0.3) is 5.91 Å². The lowest BCUT2D eigenvalue weighted by Crippen LogP contribution is -2.62. The van der Waals surface area contributed by atoms with Crippen LogP contribution in [0.5, 0.6) is 0 Å². The number of urea groups is 1. The fraction of sp³-hybridized carbons (Fsp3) is 0.609. The second-order valence-corrected chi connectivity index (χ2v) is 9.18. The molecule has 1 aromatic rings. The van der Waals surface area contributed by atoms with E-state index in [0.29, 0.717) is 24.2 Å². The maximum Gasteiger partial charge on any atom is 0.321 e. The molecule has 4 fully saturated rings. The molecular weight excluding hydrogens is 368 g/mol. The average Bonchev–Trinajstić information content (AvgIpc) is 2.66. The zero-order valence-electron chi connectivity index (χ0n) is 17.0. The zero-order chi connectivity index (χ0) is 20.4. The van der Waals surface area contributed by atoms with Gasteiger partial charge in [-0.3, -0.25) is 14.9 Å². The van der Waals surface area contributed by atoms with Crippen molar-refractivity contribution in [1.29, 1.82) is 0 Å². The number of benzene rings is 1. The molecule has 4 bridgehead atoms. The summed E-state index contributed by atoms with van der Waals surface area (Å²) < 4.78 is 5.17. The van der Waals surface area contributed by atoms with Gasteiger partial charge in [-0.05, 0) is 68.3 Å². The number of carbonyl (C=O) groups is 3. The number of esters is 1. The van der Waals surface area contributed by atoms with Crippen molar-refractivity contribution in [2.75, 3.05) is 6.61 Å². The van der Waals surface area contributed by atoms with Crippen LogP contribution in [-0.4, -0.2) is 30.1 Å². The van der Waals surface area contributed by atoms with E-state index in [4.69, 9.17) is 4.74 Å². The second kappa shape index (κ2) is 8.17. The molecule has 0 aliphatic heterocycles. The molecule has 4 saturated carbocycles. The van der Waals surface area contributed by atoms with Gasteiger partial charge in [0.15, 0.2) is 6.61 Å². The third-order valence-corrected chi connectivity index (χ3v) is 6.91. The first-order chi connectivity index (χ1) is 14.0. The number of hydrogen-bond acceptors (Lipinski definition) is 4. The molecule has 29 heavy (non-hydrogen) atoms. The summed E-state index contributed by atoms with van der Waals surface area (Å²) in [5.74, 6) is 0.676. The summed E-state index contributed by atoms with van der Waals surface area (Å²) in [6.45, 7) is 1.45. The quantitative estimate of drug-likeness (QED) is 0.718. The topological polar surface area (TPSA) is 84.5 Å². The molecule has 0 radical (unpaired) electrons. The molecule has 0 aromatic heterocycles. The highest BCUT2D eigenvalue weighted by molar-refractivity contribution is 5.96. The normalized spacial score (nSPS) is 30.4. The Bertz CT molecular complexity index is 741. The molecule has 5 rings (SSSR count). The van der Waals surface area contributed by atoms with E-state index >= 15 is 0 Å². The number of hydrogen-bond donors (Lipinski definition) is 2. The van der Waals surface area contributed by atoms with Crippen LogP contribution in [0.1, 0.15) is 63.4 Å². The van der Waals surface area contributed by atoms with Gasteiger partial charge in [0.2, 0.25) is 0 Å². The first-order valence-electron chi connectivity index (χ1n) is 10.8. The van der Waals surface area contributed by atoms with Crippen LogP contribution >= 0.6 is 0 Å². The van der Waals surface area contributed by atoms with E-state index in [2.05, 4.69) is 10.6 Å². The van der Waals surface area contributed by atoms with E-state index in [1.807, 2.05) is 37.3 Å². The number of nitrogens with one attached hydrogen (secondary N) is 2. The van der Waals surface area contributed by atoms with E-state index < -0.39 is 30.4 Å². The van der Waals surface area contributed by atoms with Gasteiger partial charge in [-0.1, -0.05) is 37.3 Å². The van der Waals surface area contributed by atoms with Crippen LogP contribution in [0.2, 0.25) is 0 Å². The van der Waals surface area contributed by atoms with Crippen LogP contribution in [0, 0.1) is 17.8 Å². The predicted molar refractivity (Wildman–Crippen MR) is 108 cm³/mol. The van der Waals surface area contributed by atoms with Gasteiger partial charge in [0.1, 0.15) is 0 Å². The highest BCUT2D eigenvalue weighted by Crippen LogP contribution is 2.55. The minimum absolute atomic E-state index is 0.156. The number of rotatable bonds is 6. The molecule has 0 heterocycles. The highest BCUT2D eigenvalue weighted by Gasteiger charge is 2.51. The maximum atomic E-state index is 12.4. The van der Waals surface area contributed by atoms with Gasteiger partial charge < -0.3 is 10.1 Å². The van der Waals surface area contributed by atoms with Crippen molar-refractivity contribution in [1.82, 2.24) is 10.6 Å². The predicted octanol–water partition coefficient (Wildman–Crippen LogP) is 3.52. The second-order valence-electron chi connectivity index (χ2n) is 9.18. The number of imide groups is 1. The van der Waals surface area contributed by atoms with Crippen molar-refractivity contribution in [3.63, 3.8) is 0 Å². The summed E-state index contributed by atoms with van der Waals surface area (Å²) in [7, 11) is 0. The SMILES string of the molecule is CC[C@H](C(=O)OCC(=O)NC(=O)NC12CC3CC(CC(C3)C1)C2)c1ccccc1. The smallest absolute Gasteiger partial charge is 0.321 e. The van der Waals surface area contributed by atoms with Gasteiger partial charge in [0, 0.05) is 5.54 Å². The van der Waals surface area contributed by atoms with Gasteiger partial charge in [-0.15, -0.1) is 0 Å². The molecule has 6 heteroatoms. The van der Waals surface area contributed by atoms with Crippen LogP contribution in [0.15, 0.2) is 30.3 Å². The molecule has 156 valence electrons. The van der Waals surface area contributed by atoms with Crippen molar-refractivity contribution >= 4 is 17.9 Å². The molecule has 6 nitrogen and oxygen atoms in total. The Morgan fingerprint density at radius 1 is 1.03 bits per heavy atom.